The van der Waals surface area contributed by atoms with Gasteiger partial charge in [0, 0.05) is 17.1 Å². The standard InChI is InChI=1S/C51H35N3.Pt/c1-50(2,3)36-26-34(46-28-32-14-4-5-15-33(32)31-52-46)27-37(29-36)51(43-19-9-6-16-39(43)40-17-7-10-20-44(40)51)35-24-25-38-41-18-8-12-22-47(41)54-48-23-13-11-21-45(48)53-49(54)42(38)30-35;/h4-26,28-29,31H,1-3H3;/q-2;+2. The molecule has 0 N–H and O–H groups in total. The van der Waals surface area contributed by atoms with Crippen molar-refractivity contribution < 1.29 is 21.1 Å². The fourth-order valence-corrected chi connectivity index (χ4v) is 8.98. The van der Waals surface area contributed by atoms with E-state index in [1.54, 1.807) is 0 Å². The Labute approximate surface area is 334 Å². The van der Waals surface area contributed by atoms with Gasteiger partial charge in [0.25, 0.3) is 0 Å². The van der Waals surface area contributed by atoms with Gasteiger partial charge in [-0.2, -0.15) is 0 Å². The minimum Gasteiger partial charge on any atom is -0.333 e. The first-order valence-electron chi connectivity index (χ1n) is 18.7. The van der Waals surface area contributed by atoms with Crippen LogP contribution in [0.25, 0.3) is 71.5 Å². The van der Waals surface area contributed by atoms with Crippen LogP contribution in [0, 0.1) is 12.1 Å². The van der Waals surface area contributed by atoms with Crippen molar-refractivity contribution in [3.63, 3.8) is 0 Å². The van der Waals surface area contributed by atoms with E-state index < -0.39 is 5.41 Å². The van der Waals surface area contributed by atoms with Crippen LogP contribution in [0.5, 0.6) is 0 Å². The Kier molecular flexibility index (Phi) is 7.54. The Morgan fingerprint density at radius 1 is 0.582 bits per heavy atom. The number of rotatable bonds is 3. The quantitative estimate of drug-likeness (QED) is 0.131. The number of hydrogen-bond acceptors (Lipinski definition) is 2. The summed E-state index contributed by atoms with van der Waals surface area (Å²) < 4.78 is 2.31. The van der Waals surface area contributed by atoms with Gasteiger partial charge in [-0.05, 0) is 67.7 Å². The molecule has 264 valence electrons. The van der Waals surface area contributed by atoms with Gasteiger partial charge in [-0.3, -0.25) is 4.98 Å². The summed E-state index contributed by atoms with van der Waals surface area (Å²) in [5, 5.41) is 5.61. The molecule has 3 aromatic heterocycles. The molecule has 0 radical (unpaired) electrons. The van der Waals surface area contributed by atoms with Crippen molar-refractivity contribution in [1.29, 1.82) is 0 Å². The van der Waals surface area contributed by atoms with Gasteiger partial charge in [0.15, 0.2) is 0 Å². The zero-order valence-corrected chi connectivity index (χ0v) is 32.9. The van der Waals surface area contributed by atoms with Crippen LogP contribution in [0.4, 0.5) is 0 Å². The van der Waals surface area contributed by atoms with Crippen LogP contribution in [0.2, 0.25) is 0 Å². The Morgan fingerprint density at radius 3 is 2.00 bits per heavy atom. The molecule has 3 heterocycles. The van der Waals surface area contributed by atoms with Crippen molar-refractivity contribution >= 4 is 49.1 Å². The molecule has 3 nitrogen and oxygen atoms in total. The third kappa shape index (κ3) is 4.86. The van der Waals surface area contributed by atoms with Crippen molar-refractivity contribution in [2.24, 2.45) is 0 Å². The van der Waals surface area contributed by atoms with Crippen LogP contribution in [0.3, 0.4) is 0 Å². The van der Waals surface area contributed by atoms with Crippen LogP contribution in [0.1, 0.15) is 48.6 Å². The van der Waals surface area contributed by atoms with Gasteiger partial charge in [-0.25, -0.2) is 0 Å². The van der Waals surface area contributed by atoms with Crippen LogP contribution in [0.15, 0.2) is 158 Å². The molecule has 0 amide bonds. The SMILES string of the molecule is CC(C)(C)c1cc(-c2cc3ccccc3cn2)[c-]c(C2(c3[c-]c4c(cc3)c3ccccc3n3c5ccccc5nc43)c3ccccc3-c3ccccc32)c1.[Pt+2]. The second kappa shape index (κ2) is 12.3. The van der Waals surface area contributed by atoms with E-state index >= 15 is 0 Å². The molecule has 0 aliphatic heterocycles. The fraction of sp³-hybridized carbons (Fsp3) is 0.0980. The Balaban J connectivity index is 0.00000372. The van der Waals surface area contributed by atoms with Crippen LogP contribution in [-0.2, 0) is 31.9 Å². The van der Waals surface area contributed by atoms with Gasteiger partial charge in [-0.15, -0.1) is 58.7 Å². The fourth-order valence-electron chi connectivity index (χ4n) is 8.98. The molecule has 0 fully saturated rings. The van der Waals surface area contributed by atoms with E-state index in [1.807, 2.05) is 6.20 Å². The second-order valence-electron chi connectivity index (χ2n) is 15.6. The average Bonchev–Trinajstić information content (AvgIpc) is 3.75. The molecule has 0 unspecified atom stereocenters. The van der Waals surface area contributed by atoms with Gasteiger partial charge < -0.3 is 9.38 Å². The van der Waals surface area contributed by atoms with E-state index in [2.05, 4.69) is 189 Å². The van der Waals surface area contributed by atoms with Crippen molar-refractivity contribution in [3.8, 4) is 22.4 Å². The number of para-hydroxylation sites is 3. The third-order valence-electron chi connectivity index (χ3n) is 11.6. The van der Waals surface area contributed by atoms with E-state index in [-0.39, 0.29) is 26.5 Å². The summed E-state index contributed by atoms with van der Waals surface area (Å²) in [5.74, 6) is 0. The molecule has 0 atom stereocenters. The van der Waals surface area contributed by atoms with Crippen molar-refractivity contribution in [2.75, 3.05) is 0 Å². The van der Waals surface area contributed by atoms with E-state index in [0.29, 0.717) is 0 Å². The average molecular weight is 885 g/mol. The monoisotopic (exact) mass is 884 g/mol. The molecule has 10 aromatic rings. The molecule has 11 rings (SSSR count). The summed E-state index contributed by atoms with van der Waals surface area (Å²) in [7, 11) is 0. The first kappa shape index (κ1) is 33.7. The van der Waals surface area contributed by atoms with Gasteiger partial charge in [0.1, 0.15) is 0 Å². The number of aromatic nitrogens is 3. The third-order valence-corrected chi connectivity index (χ3v) is 11.6. The molecule has 0 saturated heterocycles. The summed E-state index contributed by atoms with van der Waals surface area (Å²) >= 11 is 0. The number of imidazole rings is 1. The number of benzene rings is 7. The molecule has 4 heteroatoms. The smallest absolute Gasteiger partial charge is 0.333 e. The zero-order chi connectivity index (χ0) is 36.2. The molecule has 0 bridgehead atoms. The maximum atomic E-state index is 5.29. The number of fused-ring (bicyclic) bond motifs is 12. The summed E-state index contributed by atoms with van der Waals surface area (Å²) in [4.78, 5) is 10.3. The summed E-state index contributed by atoms with van der Waals surface area (Å²) in [6.07, 6.45) is 1.99. The number of nitrogens with zero attached hydrogens (tertiary/aromatic N) is 3. The predicted octanol–water partition coefficient (Wildman–Crippen LogP) is 12.3. The Bertz CT molecular complexity index is 3120. The minimum absolute atomic E-state index is 0. The van der Waals surface area contributed by atoms with Crippen LogP contribution in [-0.4, -0.2) is 14.4 Å². The number of hydrogen-bond donors (Lipinski definition) is 0. The van der Waals surface area contributed by atoms with Crippen molar-refractivity contribution in [1.82, 2.24) is 14.4 Å². The second-order valence-corrected chi connectivity index (χ2v) is 15.6. The van der Waals surface area contributed by atoms with Gasteiger partial charge >= 0.3 is 21.1 Å². The molecule has 1 aliphatic carbocycles. The first-order chi connectivity index (χ1) is 26.4. The Hall–Kier alpha value is -5.89. The van der Waals surface area contributed by atoms with Crippen molar-refractivity contribution in [3.05, 3.63) is 198 Å². The van der Waals surface area contributed by atoms with E-state index in [0.717, 1.165) is 66.1 Å². The molecule has 55 heavy (non-hydrogen) atoms. The largest absolute Gasteiger partial charge is 2.00 e. The van der Waals surface area contributed by atoms with Crippen LogP contribution < -0.4 is 0 Å². The van der Waals surface area contributed by atoms with Crippen LogP contribution >= 0.6 is 0 Å². The maximum Gasteiger partial charge on any atom is 2.00 e. The molecule has 0 saturated carbocycles. The zero-order valence-electron chi connectivity index (χ0n) is 30.7. The van der Waals surface area contributed by atoms with Gasteiger partial charge in [0.05, 0.1) is 16.7 Å². The topological polar surface area (TPSA) is 30.2 Å². The summed E-state index contributed by atoms with van der Waals surface area (Å²) in [6, 6.07) is 62.9. The normalized spacial score (nSPS) is 13.4. The molecular formula is C51H35N3Pt. The summed E-state index contributed by atoms with van der Waals surface area (Å²) in [6.45, 7) is 6.87. The first-order valence-corrected chi connectivity index (χ1v) is 18.7. The minimum atomic E-state index is -0.719. The molecule has 0 spiro atoms. The summed E-state index contributed by atoms with van der Waals surface area (Å²) in [5.41, 5.74) is 13.5. The van der Waals surface area contributed by atoms with Gasteiger partial charge in [-0.1, -0.05) is 141 Å². The molecular weight excluding hydrogens is 850 g/mol. The Morgan fingerprint density at radius 2 is 1.24 bits per heavy atom. The van der Waals surface area contributed by atoms with E-state index in [1.165, 1.54) is 33.2 Å². The molecule has 1 aliphatic rings. The maximum absolute atomic E-state index is 5.29. The molecule has 7 aromatic carbocycles. The van der Waals surface area contributed by atoms with Crippen molar-refractivity contribution in [2.45, 2.75) is 31.6 Å². The van der Waals surface area contributed by atoms with E-state index in [9.17, 15) is 0 Å². The number of pyridine rings is 2. The predicted molar refractivity (Wildman–Crippen MR) is 222 cm³/mol. The van der Waals surface area contributed by atoms with E-state index in [4.69, 9.17) is 9.97 Å². The van der Waals surface area contributed by atoms with Gasteiger partial charge in [0.2, 0.25) is 0 Å².